The minimum Gasteiger partial charge on any atom is -0.455 e. The quantitative estimate of drug-likeness (QED) is 0.525. The average molecular weight is 328 g/mol. The first kappa shape index (κ1) is 14.8. The van der Waals surface area contributed by atoms with E-state index in [9.17, 15) is 10.0 Å². The predicted octanol–water partition coefficient (Wildman–Crippen LogP) is 3.57. The standard InChI is InChI=1S/C21H17BO3/c1-21(2)16-10-9-14-13-5-3-4-6-18(13)25-20(14)19(16)15-8-7-12(22(23)24)11-17(15)21/h3-11,23-24H,1-2H3. The number of hydrogen-bond acceptors (Lipinski definition) is 3. The molecule has 0 atom stereocenters. The third-order valence-corrected chi connectivity index (χ3v) is 5.50. The van der Waals surface area contributed by atoms with E-state index in [1.54, 1.807) is 6.07 Å². The zero-order valence-electron chi connectivity index (χ0n) is 14.1. The van der Waals surface area contributed by atoms with Gasteiger partial charge in [-0.15, -0.1) is 0 Å². The lowest BCUT2D eigenvalue weighted by atomic mass is 9.75. The Morgan fingerprint density at radius 2 is 1.68 bits per heavy atom. The highest BCUT2D eigenvalue weighted by Gasteiger charge is 2.38. The molecule has 0 bridgehead atoms. The van der Waals surface area contributed by atoms with E-state index in [0.717, 1.165) is 38.6 Å². The number of rotatable bonds is 1. The first-order chi connectivity index (χ1) is 12.0. The Hall–Kier alpha value is -2.56. The van der Waals surface area contributed by atoms with Crippen LogP contribution in [0, 0.1) is 0 Å². The van der Waals surface area contributed by atoms with Crippen LogP contribution in [0.2, 0.25) is 0 Å². The fourth-order valence-electron chi connectivity index (χ4n) is 4.18. The second-order valence-electron chi connectivity index (χ2n) is 7.27. The monoisotopic (exact) mass is 328 g/mol. The van der Waals surface area contributed by atoms with Gasteiger partial charge < -0.3 is 14.5 Å². The SMILES string of the molecule is CC1(C)c2cc(B(O)O)ccc2-c2c1ccc1c2oc2ccccc21. The fourth-order valence-corrected chi connectivity index (χ4v) is 4.18. The molecular weight excluding hydrogens is 311 g/mol. The van der Waals surface area contributed by atoms with Crippen molar-refractivity contribution < 1.29 is 14.5 Å². The van der Waals surface area contributed by atoms with E-state index < -0.39 is 7.12 Å². The molecule has 0 saturated heterocycles. The van der Waals surface area contributed by atoms with Crippen molar-refractivity contribution in [1.82, 2.24) is 0 Å². The molecule has 1 heterocycles. The molecule has 122 valence electrons. The van der Waals surface area contributed by atoms with Crippen molar-refractivity contribution in [2.75, 3.05) is 0 Å². The molecule has 1 aromatic heterocycles. The Morgan fingerprint density at radius 1 is 0.880 bits per heavy atom. The van der Waals surface area contributed by atoms with Crippen molar-refractivity contribution in [3.8, 4) is 11.1 Å². The minimum absolute atomic E-state index is 0.220. The van der Waals surface area contributed by atoms with E-state index in [2.05, 4.69) is 32.0 Å². The van der Waals surface area contributed by atoms with Crippen LogP contribution in [0.3, 0.4) is 0 Å². The Labute approximate surface area is 145 Å². The molecule has 4 heteroatoms. The maximum atomic E-state index is 9.55. The lowest BCUT2D eigenvalue weighted by Gasteiger charge is -2.21. The summed E-state index contributed by atoms with van der Waals surface area (Å²) in [5.74, 6) is 0. The molecule has 1 aliphatic carbocycles. The highest BCUT2D eigenvalue weighted by Crippen LogP contribution is 2.52. The fraction of sp³-hybridized carbons (Fsp3) is 0.143. The normalized spacial score (nSPS) is 14.7. The Balaban J connectivity index is 1.91. The van der Waals surface area contributed by atoms with E-state index in [1.807, 2.05) is 30.3 Å². The summed E-state index contributed by atoms with van der Waals surface area (Å²) < 4.78 is 6.22. The third-order valence-electron chi connectivity index (χ3n) is 5.50. The van der Waals surface area contributed by atoms with Crippen molar-refractivity contribution in [3.63, 3.8) is 0 Å². The van der Waals surface area contributed by atoms with Gasteiger partial charge >= 0.3 is 7.12 Å². The minimum atomic E-state index is -1.46. The summed E-state index contributed by atoms with van der Waals surface area (Å²) in [4.78, 5) is 0. The molecule has 0 unspecified atom stereocenters. The molecule has 0 saturated carbocycles. The Morgan fingerprint density at radius 3 is 2.48 bits per heavy atom. The van der Waals surface area contributed by atoms with Gasteiger partial charge in [-0.25, -0.2) is 0 Å². The smallest absolute Gasteiger partial charge is 0.455 e. The number of hydrogen-bond donors (Lipinski definition) is 2. The second kappa shape index (κ2) is 4.75. The molecule has 4 aromatic rings. The van der Waals surface area contributed by atoms with Crippen molar-refractivity contribution in [2.45, 2.75) is 19.3 Å². The van der Waals surface area contributed by atoms with Crippen LogP contribution in [-0.2, 0) is 5.41 Å². The van der Waals surface area contributed by atoms with E-state index in [0.29, 0.717) is 5.46 Å². The van der Waals surface area contributed by atoms with Gasteiger partial charge in [-0.05, 0) is 28.2 Å². The zero-order chi connectivity index (χ0) is 17.3. The topological polar surface area (TPSA) is 53.6 Å². The summed E-state index contributed by atoms with van der Waals surface area (Å²) in [6.45, 7) is 4.33. The summed E-state index contributed by atoms with van der Waals surface area (Å²) in [5.41, 5.74) is 6.62. The molecule has 3 nitrogen and oxygen atoms in total. The van der Waals surface area contributed by atoms with Crippen LogP contribution in [0.1, 0.15) is 25.0 Å². The molecule has 5 rings (SSSR count). The van der Waals surface area contributed by atoms with Gasteiger partial charge in [0.25, 0.3) is 0 Å². The summed E-state index contributed by atoms with van der Waals surface area (Å²) >= 11 is 0. The van der Waals surface area contributed by atoms with Gasteiger partial charge in [0.1, 0.15) is 11.2 Å². The van der Waals surface area contributed by atoms with Crippen LogP contribution in [0.15, 0.2) is 59.0 Å². The Bertz CT molecular complexity index is 1150. The zero-order valence-corrected chi connectivity index (χ0v) is 14.1. The third kappa shape index (κ3) is 1.84. The lowest BCUT2D eigenvalue weighted by Crippen LogP contribution is -2.31. The van der Waals surface area contributed by atoms with Gasteiger partial charge in [0.15, 0.2) is 0 Å². The van der Waals surface area contributed by atoms with Gasteiger partial charge in [0.05, 0.1) is 0 Å². The highest BCUT2D eigenvalue weighted by molar-refractivity contribution is 6.58. The number of fused-ring (bicyclic) bond motifs is 7. The molecule has 0 amide bonds. The van der Waals surface area contributed by atoms with Crippen LogP contribution in [0.25, 0.3) is 33.1 Å². The summed E-state index contributed by atoms with van der Waals surface area (Å²) in [6.07, 6.45) is 0. The van der Waals surface area contributed by atoms with Crippen LogP contribution < -0.4 is 5.46 Å². The lowest BCUT2D eigenvalue weighted by molar-refractivity contribution is 0.425. The highest BCUT2D eigenvalue weighted by atomic mass is 16.4. The van der Waals surface area contributed by atoms with Crippen LogP contribution in [-0.4, -0.2) is 17.2 Å². The Kier molecular flexibility index (Phi) is 2.80. The summed E-state index contributed by atoms with van der Waals surface area (Å²) in [7, 11) is -1.46. The first-order valence-electron chi connectivity index (χ1n) is 8.44. The largest absolute Gasteiger partial charge is 0.488 e. The van der Waals surface area contributed by atoms with Crippen LogP contribution in [0.4, 0.5) is 0 Å². The molecule has 2 N–H and O–H groups in total. The van der Waals surface area contributed by atoms with Crippen molar-refractivity contribution in [2.24, 2.45) is 0 Å². The number of benzene rings is 3. The van der Waals surface area contributed by atoms with Gasteiger partial charge in [-0.2, -0.15) is 0 Å². The average Bonchev–Trinajstić information content (AvgIpc) is 3.08. The molecule has 3 aromatic carbocycles. The predicted molar refractivity (Wildman–Crippen MR) is 101 cm³/mol. The van der Waals surface area contributed by atoms with E-state index in [1.165, 1.54) is 5.56 Å². The maximum Gasteiger partial charge on any atom is 0.488 e. The van der Waals surface area contributed by atoms with Crippen molar-refractivity contribution >= 4 is 34.5 Å². The van der Waals surface area contributed by atoms with Gasteiger partial charge in [-0.3, -0.25) is 0 Å². The molecule has 0 aliphatic heterocycles. The van der Waals surface area contributed by atoms with E-state index in [-0.39, 0.29) is 5.41 Å². The summed E-state index contributed by atoms with van der Waals surface area (Å²) in [6, 6.07) is 18.0. The molecule has 25 heavy (non-hydrogen) atoms. The maximum absolute atomic E-state index is 9.55. The molecule has 0 spiro atoms. The van der Waals surface area contributed by atoms with Gasteiger partial charge in [0.2, 0.25) is 0 Å². The van der Waals surface area contributed by atoms with E-state index >= 15 is 0 Å². The van der Waals surface area contributed by atoms with E-state index in [4.69, 9.17) is 4.42 Å². The molecule has 0 fully saturated rings. The van der Waals surface area contributed by atoms with Crippen molar-refractivity contribution in [3.05, 3.63) is 65.7 Å². The molecular formula is C21H17BO3. The van der Waals surface area contributed by atoms with Gasteiger partial charge in [0, 0.05) is 21.8 Å². The summed E-state index contributed by atoms with van der Waals surface area (Å²) in [5, 5.41) is 21.3. The van der Waals surface area contributed by atoms with Crippen LogP contribution >= 0.6 is 0 Å². The molecule has 1 aliphatic rings. The molecule has 0 radical (unpaired) electrons. The van der Waals surface area contributed by atoms with Gasteiger partial charge in [-0.1, -0.05) is 62.4 Å². The van der Waals surface area contributed by atoms with Crippen LogP contribution in [0.5, 0.6) is 0 Å². The van der Waals surface area contributed by atoms with Crippen molar-refractivity contribution in [1.29, 1.82) is 0 Å². The first-order valence-corrected chi connectivity index (χ1v) is 8.44. The second-order valence-corrected chi connectivity index (χ2v) is 7.27. The number of para-hydroxylation sites is 1. The number of furan rings is 1.